The summed E-state index contributed by atoms with van der Waals surface area (Å²) in [5.41, 5.74) is 6.31. The van der Waals surface area contributed by atoms with Crippen LogP contribution in [0.25, 0.3) is 4.85 Å². The molecule has 0 aromatic heterocycles. The van der Waals surface area contributed by atoms with E-state index in [2.05, 4.69) is 89.5 Å². The minimum Gasteiger partial charge on any atom is -0.374 e. The topological polar surface area (TPSA) is 79.0 Å². The molecular formula is C33H24BN5Si. The van der Waals surface area contributed by atoms with Gasteiger partial charge in [0.25, 0.3) is 0 Å². The predicted octanol–water partition coefficient (Wildman–Crippen LogP) is 4.57. The summed E-state index contributed by atoms with van der Waals surface area (Å²) in [7, 11) is -2.06. The van der Waals surface area contributed by atoms with Gasteiger partial charge >= 0.3 is 6.85 Å². The molecule has 0 unspecified atom stereocenters. The molecule has 2 aliphatic rings. The molecule has 6 rings (SSSR count). The Bertz CT molecular complexity index is 1800. The third-order valence-electron chi connectivity index (χ3n) is 8.65. The summed E-state index contributed by atoms with van der Waals surface area (Å²) in [5, 5.41) is 33.4. The van der Waals surface area contributed by atoms with Gasteiger partial charge < -0.3 is 4.81 Å². The number of benzene rings is 4. The lowest BCUT2D eigenvalue weighted by atomic mass is 9.47. The third-order valence-corrected chi connectivity index (χ3v) is 12.3. The lowest BCUT2D eigenvalue weighted by Crippen LogP contribution is -2.77. The largest absolute Gasteiger partial charge is 0.374 e. The van der Waals surface area contributed by atoms with Crippen LogP contribution < -0.4 is 26.1 Å². The Hall–Kier alpha value is -5.08. The smallest absolute Gasteiger partial charge is 0.328 e. The zero-order chi connectivity index (χ0) is 28.4. The quantitative estimate of drug-likeness (QED) is 0.267. The Labute approximate surface area is 236 Å². The average molecular weight is 529 g/mol. The summed E-state index contributed by atoms with van der Waals surface area (Å²) in [6.07, 6.45) is 0. The Morgan fingerprint density at radius 3 is 1.82 bits per heavy atom. The van der Waals surface area contributed by atoms with Gasteiger partial charge in [0.2, 0.25) is 0 Å². The van der Waals surface area contributed by atoms with E-state index in [4.69, 9.17) is 6.57 Å². The van der Waals surface area contributed by atoms with Crippen LogP contribution in [0.4, 0.5) is 17.1 Å². The van der Waals surface area contributed by atoms with Crippen molar-refractivity contribution in [3.63, 3.8) is 0 Å². The van der Waals surface area contributed by atoms with Crippen LogP contribution in [-0.4, -0.2) is 14.9 Å². The van der Waals surface area contributed by atoms with Crippen molar-refractivity contribution in [3.05, 3.63) is 112 Å². The maximum absolute atomic E-state index is 10.4. The maximum Gasteiger partial charge on any atom is 0.328 e. The number of rotatable bonds is 1. The Morgan fingerprint density at radius 2 is 1.30 bits per heavy atom. The molecule has 5 nitrogen and oxygen atoms in total. The first-order chi connectivity index (χ1) is 19.2. The summed E-state index contributed by atoms with van der Waals surface area (Å²) in [4.78, 5) is 5.84. The Morgan fingerprint density at radius 1 is 0.775 bits per heavy atom. The van der Waals surface area contributed by atoms with Gasteiger partial charge in [0.15, 0.2) is 5.69 Å². The van der Waals surface area contributed by atoms with Crippen molar-refractivity contribution in [2.24, 2.45) is 0 Å². The summed E-state index contributed by atoms with van der Waals surface area (Å²) in [6, 6.07) is 31.1. The van der Waals surface area contributed by atoms with Gasteiger partial charge in [-0.1, -0.05) is 103 Å². The van der Waals surface area contributed by atoms with E-state index in [1.54, 1.807) is 12.1 Å². The van der Waals surface area contributed by atoms with Crippen LogP contribution in [0.15, 0.2) is 72.8 Å². The monoisotopic (exact) mass is 529 g/mol. The van der Waals surface area contributed by atoms with Crippen LogP contribution in [-0.2, 0) is 5.41 Å². The summed E-state index contributed by atoms with van der Waals surface area (Å²) in [6.45, 7) is 16.2. The van der Waals surface area contributed by atoms with Gasteiger partial charge in [0.1, 0.15) is 14.1 Å². The van der Waals surface area contributed by atoms with Crippen molar-refractivity contribution in [2.45, 2.75) is 32.4 Å². The zero-order valence-corrected chi connectivity index (χ0v) is 23.7. The SMILES string of the molecule is [C-]#[N+]c1cc(C#N)c2c(c1)C(C)(C)c1cc(C#N)cc(C#N)c1N2B1c2ccccc2[Si](C)(C)c2ccccc21. The molecule has 40 heavy (non-hydrogen) atoms. The number of anilines is 2. The summed E-state index contributed by atoms with van der Waals surface area (Å²) >= 11 is 0. The van der Waals surface area contributed by atoms with Crippen LogP contribution >= 0.6 is 0 Å². The van der Waals surface area contributed by atoms with Gasteiger partial charge in [-0.2, -0.15) is 15.8 Å². The van der Waals surface area contributed by atoms with Crippen molar-refractivity contribution >= 4 is 53.3 Å². The van der Waals surface area contributed by atoms with Crippen molar-refractivity contribution in [1.29, 1.82) is 15.8 Å². The summed E-state index contributed by atoms with van der Waals surface area (Å²) in [5.74, 6) is 0. The van der Waals surface area contributed by atoms with Crippen LogP contribution in [0, 0.1) is 40.6 Å². The van der Waals surface area contributed by atoms with E-state index in [0.717, 1.165) is 22.1 Å². The Balaban J connectivity index is 1.82. The van der Waals surface area contributed by atoms with Crippen LogP contribution in [0.2, 0.25) is 13.1 Å². The fraction of sp³-hybridized carbons (Fsp3) is 0.152. The molecule has 2 heterocycles. The number of nitrogens with zero attached hydrogens (tertiary/aromatic N) is 5. The molecule has 7 heteroatoms. The van der Waals surface area contributed by atoms with Crippen LogP contribution in [0.3, 0.4) is 0 Å². The van der Waals surface area contributed by atoms with E-state index in [-0.39, 0.29) is 6.85 Å². The lowest BCUT2D eigenvalue weighted by molar-refractivity contribution is 0.633. The normalized spacial score (nSPS) is 15.2. The summed E-state index contributed by atoms with van der Waals surface area (Å²) < 4.78 is 0. The minimum absolute atomic E-state index is 0.313. The van der Waals surface area contributed by atoms with Crippen molar-refractivity contribution in [2.75, 3.05) is 4.81 Å². The highest BCUT2D eigenvalue weighted by molar-refractivity contribution is 7.12. The van der Waals surface area contributed by atoms with Crippen molar-refractivity contribution in [1.82, 2.24) is 0 Å². The molecule has 0 fully saturated rings. The molecule has 0 saturated heterocycles. The highest BCUT2D eigenvalue weighted by atomic mass is 28.3. The molecule has 4 aromatic carbocycles. The second-order valence-corrected chi connectivity index (χ2v) is 15.8. The molecule has 0 bridgehead atoms. The van der Waals surface area contributed by atoms with E-state index in [0.29, 0.717) is 33.8 Å². The molecule has 4 aromatic rings. The van der Waals surface area contributed by atoms with Crippen LogP contribution in [0.5, 0.6) is 0 Å². The standard InChI is InChI=1S/C33H24BN5Si/c1-33(2)25-15-21(18-35)14-22(19-36)31(25)39(32-23(20-37)16-24(38-3)17-26(32)33)34-27-10-6-8-12-29(27)40(4,5)30-13-9-7-11-28(30)34/h6-17H,1-2,4-5H3. The molecular weight excluding hydrogens is 505 g/mol. The molecule has 0 saturated carbocycles. The highest BCUT2D eigenvalue weighted by Crippen LogP contribution is 2.53. The molecule has 0 N–H and O–H groups in total. The third kappa shape index (κ3) is 3.29. The first kappa shape index (κ1) is 25.2. The first-order valence-electron chi connectivity index (χ1n) is 13.1. The van der Waals surface area contributed by atoms with E-state index < -0.39 is 13.5 Å². The van der Waals surface area contributed by atoms with Gasteiger partial charge in [-0.25, -0.2) is 4.85 Å². The van der Waals surface area contributed by atoms with Crippen molar-refractivity contribution in [3.8, 4) is 18.2 Å². The molecule has 0 spiro atoms. The van der Waals surface area contributed by atoms with Crippen LogP contribution in [0.1, 0.15) is 41.7 Å². The fourth-order valence-corrected chi connectivity index (χ4v) is 9.94. The first-order valence-corrected chi connectivity index (χ1v) is 16.1. The average Bonchev–Trinajstić information content (AvgIpc) is 2.97. The fourth-order valence-electron chi connectivity index (χ4n) is 6.74. The van der Waals surface area contributed by atoms with E-state index in [9.17, 15) is 15.8 Å². The maximum atomic E-state index is 10.4. The van der Waals surface area contributed by atoms with Crippen molar-refractivity contribution < 1.29 is 0 Å². The number of hydrogen-bond acceptors (Lipinski definition) is 4. The Kier molecular flexibility index (Phi) is 5.50. The van der Waals surface area contributed by atoms with Gasteiger partial charge in [-0.05, 0) is 29.3 Å². The molecule has 2 aliphatic heterocycles. The number of nitriles is 3. The van der Waals surface area contributed by atoms with E-state index in [1.165, 1.54) is 10.4 Å². The second-order valence-electron chi connectivity index (χ2n) is 11.5. The molecule has 0 atom stereocenters. The van der Waals surface area contributed by atoms with Gasteiger partial charge in [0.05, 0.1) is 41.1 Å². The van der Waals surface area contributed by atoms with E-state index >= 15 is 0 Å². The highest BCUT2D eigenvalue weighted by Gasteiger charge is 2.49. The molecule has 0 amide bonds. The van der Waals surface area contributed by atoms with Gasteiger partial charge in [0, 0.05) is 11.1 Å². The zero-order valence-electron chi connectivity index (χ0n) is 22.7. The molecule has 188 valence electrons. The molecule has 0 radical (unpaired) electrons. The second kappa shape index (κ2) is 8.72. The molecule has 0 aliphatic carbocycles. The number of fused-ring (bicyclic) bond motifs is 4. The van der Waals surface area contributed by atoms with Gasteiger partial charge in [-0.15, -0.1) is 0 Å². The lowest BCUT2D eigenvalue weighted by Gasteiger charge is -2.48. The minimum atomic E-state index is -2.06. The van der Waals surface area contributed by atoms with E-state index in [1.807, 2.05) is 26.0 Å². The number of hydrogen-bond donors (Lipinski definition) is 0. The van der Waals surface area contributed by atoms with Gasteiger partial charge in [-0.3, -0.25) is 0 Å². The predicted molar refractivity (Wildman–Crippen MR) is 162 cm³/mol.